The van der Waals surface area contributed by atoms with Gasteiger partial charge >= 0.3 is 0 Å². The molecular weight excluding hydrogens is 344 g/mol. The summed E-state index contributed by atoms with van der Waals surface area (Å²) in [6.45, 7) is 4.48. The van der Waals surface area contributed by atoms with Crippen molar-refractivity contribution in [2.24, 2.45) is 10.3 Å². The number of hydrogen-bond acceptors (Lipinski definition) is 6. The van der Waals surface area contributed by atoms with E-state index >= 15 is 0 Å². The molecule has 0 spiro atoms. The van der Waals surface area contributed by atoms with Gasteiger partial charge in [0.05, 0.1) is 19.3 Å². The lowest BCUT2D eigenvalue weighted by Crippen LogP contribution is -2.39. The van der Waals surface area contributed by atoms with E-state index in [0.717, 1.165) is 16.7 Å². The summed E-state index contributed by atoms with van der Waals surface area (Å²) in [6.07, 6.45) is 0. The fourth-order valence-electron chi connectivity index (χ4n) is 3.48. The molecule has 2 unspecified atom stereocenters. The molecule has 0 N–H and O–H groups in total. The molecule has 1 saturated heterocycles. The van der Waals surface area contributed by atoms with Gasteiger partial charge in [0.25, 0.3) is 11.8 Å². The normalized spacial score (nSPS) is 21.1. The zero-order valence-corrected chi connectivity index (χ0v) is 15.4. The van der Waals surface area contributed by atoms with Crippen molar-refractivity contribution in [2.45, 2.75) is 32.5 Å². The largest absolute Gasteiger partial charge is 0.497 e. The average molecular weight is 364 g/mol. The van der Waals surface area contributed by atoms with Gasteiger partial charge in [-0.3, -0.25) is 14.6 Å². The van der Waals surface area contributed by atoms with Crippen LogP contribution in [0.25, 0.3) is 0 Å². The Kier molecular flexibility index (Phi) is 4.14. The van der Waals surface area contributed by atoms with E-state index in [1.807, 2.05) is 26.0 Å². The number of nitrogens with zero attached hydrogens (tertiary/aromatic N) is 4. The molecule has 7 nitrogen and oxygen atoms in total. The number of carbonyl (C=O) groups is 2. The fraction of sp³-hybridized carbons (Fsp3) is 0.300. The average Bonchev–Trinajstić information content (AvgIpc) is 3.18. The number of fused-ring (bicyclic) bond motifs is 1. The van der Waals surface area contributed by atoms with Crippen molar-refractivity contribution in [3.8, 4) is 5.75 Å². The second kappa shape index (κ2) is 6.50. The Labute approximate surface area is 157 Å². The SMILES string of the molecule is COc1ccc(N2C(=O)C3N=NN(Cc4cc(C)ccc4C)C3C2=O)cc1. The maximum atomic E-state index is 13.0. The molecule has 0 radical (unpaired) electrons. The second-order valence-corrected chi connectivity index (χ2v) is 6.83. The number of carbonyl (C=O) groups excluding carboxylic acids is 2. The predicted octanol–water partition coefficient (Wildman–Crippen LogP) is 2.81. The zero-order valence-electron chi connectivity index (χ0n) is 15.4. The van der Waals surface area contributed by atoms with E-state index in [0.29, 0.717) is 18.0 Å². The van der Waals surface area contributed by atoms with Gasteiger partial charge in [0.2, 0.25) is 0 Å². The Bertz CT molecular complexity index is 939. The third-order valence-electron chi connectivity index (χ3n) is 5.03. The third-order valence-corrected chi connectivity index (χ3v) is 5.03. The van der Waals surface area contributed by atoms with Crippen molar-refractivity contribution in [2.75, 3.05) is 12.0 Å². The van der Waals surface area contributed by atoms with Crippen LogP contribution in [-0.4, -0.2) is 36.0 Å². The Hall–Kier alpha value is -3.22. The monoisotopic (exact) mass is 364 g/mol. The Morgan fingerprint density at radius 2 is 1.78 bits per heavy atom. The van der Waals surface area contributed by atoms with E-state index in [-0.39, 0.29) is 11.8 Å². The molecule has 4 rings (SSSR count). The van der Waals surface area contributed by atoms with Crippen LogP contribution in [0.5, 0.6) is 5.75 Å². The number of amides is 2. The van der Waals surface area contributed by atoms with E-state index in [9.17, 15) is 9.59 Å². The maximum Gasteiger partial charge on any atom is 0.263 e. The first-order valence-corrected chi connectivity index (χ1v) is 8.75. The number of benzene rings is 2. The van der Waals surface area contributed by atoms with Gasteiger partial charge in [-0.05, 0) is 49.2 Å². The van der Waals surface area contributed by atoms with Gasteiger partial charge in [0.15, 0.2) is 12.1 Å². The smallest absolute Gasteiger partial charge is 0.263 e. The molecule has 7 heteroatoms. The molecular formula is C20H20N4O3. The third kappa shape index (κ3) is 2.85. The first-order chi connectivity index (χ1) is 13.0. The standard InChI is InChI=1S/C20H20N4O3/c1-12-4-5-13(2)14(10-12)11-23-18-17(21-22-23)19(25)24(20(18)26)15-6-8-16(27-3)9-7-15/h4-10,17-18H,11H2,1-3H3. The van der Waals surface area contributed by atoms with E-state index < -0.39 is 12.1 Å². The van der Waals surface area contributed by atoms with Gasteiger partial charge in [-0.1, -0.05) is 29.0 Å². The van der Waals surface area contributed by atoms with E-state index in [2.05, 4.69) is 16.4 Å². The summed E-state index contributed by atoms with van der Waals surface area (Å²) in [5.74, 6) is 0.0159. The molecule has 2 atom stereocenters. The Morgan fingerprint density at radius 3 is 2.48 bits per heavy atom. The van der Waals surface area contributed by atoms with E-state index in [4.69, 9.17) is 4.74 Å². The minimum Gasteiger partial charge on any atom is -0.497 e. The quantitative estimate of drug-likeness (QED) is 0.782. The summed E-state index contributed by atoms with van der Waals surface area (Å²) in [7, 11) is 1.57. The summed E-state index contributed by atoms with van der Waals surface area (Å²) in [5.41, 5.74) is 3.83. The van der Waals surface area contributed by atoms with E-state index in [1.54, 1.807) is 36.4 Å². The van der Waals surface area contributed by atoms with Crippen LogP contribution in [-0.2, 0) is 16.1 Å². The summed E-state index contributed by atoms with van der Waals surface area (Å²) >= 11 is 0. The molecule has 2 aliphatic heterocycles. The highest BCUT2D eigenvalue weighted by molar-refractivity contribution is 6.25. The van der Waals surface area contributed by atoms with Gasteiger partial charge in [0.1, 0.15) is 5.75 Å². The van der Waals surface area contributed by atoms with Crippen molar-refractivity contribution < 1.29 is 14.3 Å². The van der Waals surface area contributed by atoms with Crippen molar-refractivity contribution in [1.82, 2.24) is 5.01 Å². The van der Waals surface area contributed by atoms with Crippen LogP contribution in [0.2, 0.25) is 0 Å². The predicted molar refractivity (Wildman–Crippen MR) is 99.4 cm³/mol. The number of anilines is 1. The van der Waals surface area contributed by atoms with Crippen molar-refractivity contribution in [1.29, 1.82) is 0 Å². The summed E-state index contributed by atoms with van der Waals surface area (Å²) < 4.78 is 5.13. The molecule has 2 aromatic rings. The molecule has 2 aromatic carbocycles. The van der Waals surface area contributed by atoms with Crippen LogP contribution >= 0.6 is 0 Å². The van der Waals surface area contributed by atoms with Crippen molar-refractivity contribution >= 4 is 17.5 Å². The van der Waals surface area contributed by atoms with E-state index in [1.165, 1.54) is 4.90 Å². The highest BCUT2D eigenvalue weighted by atomic mass is 16.5. The highest BCUT2D eigenvalue weighted by Crippen LogP contribution is 2.33. The topological polar surface area (TPSA) is 74.6 Å². The fourth-order valence-corrected chi connectivity index (χ4v) is 3.48. The molecule has 1 fully saturated rings. The van der Waals surface area contributed by atoms with Gasteiger partial charge in [-0.25, -0.2) is 4.90 Å². The number of hydrogen-bond donors (Lipinski definition) is 0. The molecule has 138 valence electrons. The molecule has 0 aromatic heterocycles. The van der Waals surface area contributed by atoms with Crippen LogP contribution < -0.4 is 9.64 Å². The van der Waals surface area contributed by atoms with Crippen LogP contribution in [0.1, 0.15) is 16.7 Å². The first-order valence-electron chi connectivity index (χ1n) is 8.75. The number of methoxy groups -OCH3 is 1. The molecule has 27 heavy (non-hydrogen) atoms. The lowest BCUT2D eigenvalue weighted by Gasteiger charge is -2.21. The highest BCUT2D eigenvalue weighted by Gasteiger charge is 2.54. The Balaban J connectivity index is 1.60. The molecule has 0 bridgehead atoms. The van der Waals surface area contributed by atoms with Crippen LogP contribution in [0, 0.1) is 13.8 Å². The molecule has 2 amide bonds. The number of imide groups is 1. The second-order valence-electron chi connectivity index (χ2n) is 6.83. The molecule has 2 aliphatic rings. The van der Waals surface area contributed by atoms with Crippen LogP contribution in [0.3, 0.4) is 0 Å². The molecule has 0 saturated carbocycles. The summed E-state index contributed by atoms with van der Waals surface area (Å²) in [4.78, 5) is 27.0. The molecule has 0 aliphatic carbocycles. The van der Waals surface area contributed by atoms with Crippen molar-refractivity contribution in [3.05, 3.63) is 59.2 Å². The first kappa shape index (κ1) is 17.2. The summed E-state index contributed by atoms with van der Waals surface area (Å²) in [6, 6.07) is 11.5. The number of rotatable bonds is 4. The number of ether oxygens (including phenoxy) is 1. The summed E-state index contributed by atoms with van der Waals surface area (Å²) in [5, 5.41) is 9.82. The van der Waals surface area contributed by atoms with Gasteiger partial charge in [0, 0.05) is 0 Å². The van der Waals surface area contributed by atoms with Gasteiger partial charge in [-0.15, -0.1) is 0 Å². The zero-order chi connectivity index (χ0) is 19.1. The van der Waals surface area contributed by atoms with Gasteiger partial charge in [-0.2, -0.15) is 5.11 Å². The minimum absolute atomic E-state index is 0.300. The van der Waals surface area contributed by atoms with Crippen LogP contribution in [0.4, 0.5) is 5.69 Å². The number of aryl methyl sites for hydroxylation is 2. The molecule has 2 heterocycles. The van der Waals surface area contributed by atoms with Crippen molar-refractivity contribution in [3.63, 3.8) is 0 Å². The van der Waals surface area contributed by atoms with Crippen LogP contribution in [0.15, 0.2) is 52.8 Å². The lowest BCUT2D eigenvalue weighted by atomic mass is 10.0. The lowest BCUT2D eigenvalue weighted by molar-refractivity contribution is -0.123. The van der Waals surface area contributed by atoms with Gasteiger partial charge < -0.3 is 4.74 Å². The minimum atomic E-state index is -0.787. The maximum absolute atomic E-state index is 13.0. The Morgan fingerprint density at radius 1 is 1.04 bits per heavy atom.